The van der Waals surface area contributed by atoms with Crippen molar-refractivity contribution in [1.82, 2.24) is 10.6 Å². The van der Waals surface area contributed by atoms with Crippen molar-refractivity contribution >= 4 is 45.8 Å². The van der Waals surface area contributed by atoms with Gasteiger partial charge in [-0.3, -0.25) is 4.79 Å². The van der Waals surface area contributed by atoms with Crippen molar-refractivity contribution in [2.45, 2.75) is 0 Å². The minimum absolute atomic E-state index is 0. The predicted molar refractivity (Wildman–Crippen MR) is 75.1 cm³/mol. The molecule has 0 spiro atoms. The lowest BCUT2D eigenvalue weighted by molar-refractivity contribution is 0.0941. The molecule has 1 aliphatic rings. The molecule has 1 aromatic carbocycles. The molecule has 1 fully saturated rings. The summed E-state index contributed by atoms with van der Waals surface area (Å²) in [5.41, 5.74) is 0.583. The Balaban J connectivity index is 0.00000144. The first-order valence-electron chi connectivity index (χ1n) is 5.11. The molecule has 1 amide bonds. The topological polar surface area (TPSA) is 41.1 Å². The van der Waals surface area contributed by atoms with E-state index < -0.39 is 0 Å². The van der Waals surface area contributed by atoms with E-state index in [-0.39, 0.29) is 18.3 Å². The zero-order valence-electron chi connectivity index (χ0n) is 9.00. The molecule has 0 bridgehead atoms. The quantitative estimate of drug-likeness (QED) is 0.888. The third kappa shape index (κ3) is 3.85. The fourth-order valence-corrected chi connectivity index (χ4v) is 2.10. The second kappa shape index (κ2) is 6.59. The first-order valence-corrected chi connectivity index (χ1v) is 6.28. The molecule has 0 radical (unpaired) electrons. The van der Waals surface area contributed by atoms with Crippen LogP contribution in [0.3, 0.4) is 0 Å². The highest BCUT2D eigenvalue weighted by Gasteiger charge is 2.18. The van der Waals surface area contributed by atoms with Gasteiger partial charge in [0.2, 0.25) is 0 Å². The van der Waals surface area contributed by atoms with Gasteiger partial charge in [0.05, 0.1) is 5.56 Å². The van der Waals surface area contributed by atoms with Crippen LogP contribution in [-0.2, 0) is 0 Å². The summed E-state index contributed by atoms with van der Waals surface area (Å²) in [6, 6.07) is 5.19. The Bertz CT molecular complexity index is 410. The van der Waals surface area contributed by atoms with E-state index in [2.05, 4.69) is 26.6 Å². The van der Waals surface area contributed by atoms with Crippen LogP contribution in [0.5, 0.6) is 0 Å². The molecule has 1 aromatic rings. The molecule has 94 valence electrons. The second-order valence-corrected chi connectivity index (χ2v) is 5.15. The van der Waals surface area contributed by atoms with Crippen molar-refractivity contribution in [2.75, 3.05) is 19.6 Å². The van der Waals surface area contributed by atoms with Crippen LogP contribution < -0.4 is 10.6 Å². The van der Waals surface area contributed by atoms with Crippen LogP contribution in [-0.4, -0.2) is 25.5 Å². The lowest BCUT2D eigenvalue weighted by Gasteiger charge is -2.27. The van der Waals surface area contributed by atoms with Crippen molar-refractivity contribution in [2.24, 2.45) is 5.92 Å². The van der Waals surface area contributed by atoms with Gasteiger partial charge in [-0.2, -0.15) is 0 Å². The monoisotopic (exact) mass is 338 g/mol. The van der Waals surface area contributed by atoms with E-state index >= 15 is 0 Å². The highest BCUT2D eigenvalue weighted by atomic mass is 79.9. The number of carbonyl (C=O) groups excluding carboxylic acids is 1. The maximum atomic E-state index is 11.8. The van der Waals surface area contributed by atoms with E-state index in [9.17, 15) is 4.79 Å². The van der Waals surface area contributed by atoms with Crippen molar-refractivity contribution in [3.63, 3.8) is 0 Å². The Hall–Kier alpha value is -0.290. The van der Waals surface area contributed by atoms with Gasteiger partial charge < -0.3 is 10.6 Å². The van der Waals surface area contributed by atoms with Crippen LogP contribution in [0.25, 0.3) is 0 Å². The summed E-state index contributed by atoms with van der Waals surface area (Å²) in [7, 11) is 0. The smallest absolute Gasteiger partial charge is 0.252 e. The van der Waals surface area contributed by atoms with E-state index in [0.29, 0.717) is 23.0 Å². The third-order valence-corrected chi connectivity index (χ3v) is 3.52. The lowest BCUT2D eigenvalue weighted by Crippen LogP contribution is -2.48. The van der Waals surface area contributed by atoms with E-state index in [1.54, 1.807) is 18.2 Å². The highest BCUT2D eigenvalue weighted by molar-refractivity contribution is 9.10. The summed E-state index contributed by atoms with van der Waals surface area (Å²) in [6.45, 7) is 2.68. The number of amides is 1. The zero-order chi connectivity index (χ0) is 11.5. The summed E-state index contributed by atoms with van der Waals surface area (Å²) < 4.78 is 0.765. The molecular formula is C11H13BrCl2N2O. The van der Waals surface area contributed by atoms with Gasteiger partial charge >= 0.3 is 0 Å². The van der Waals surface area contributed by atoms with E-state index in [1.807, 2.05) is 0 Å². The number of nitrogens with one attached hydrogen (secondary N) is 2. The standard InChI is InChI=1S/C11H12BrClN2O.ClH/c12-10-2-1-8(13)3-9(10)11(16)15-6-7-4-14-5-7;/h1-3,7,14H,4-6H2,(H,15,16);1H. The fourth-order valence-electron chi connectivity index (χ4n) is 1.50. The first kappa shape index (κ1) is 14.8. The summed E-state index contributed by atoms with van der Waals surface area (Å²) in [6.07, 6.45) is 0. The number of hydrogen-bond acceptors (Lipinski definition) is 2. The normalized spacial score (nSPS) is 14.7. The van der Waals surface area contributed by atoms with Crippen molar-refractivity contribution in [1.29, 1.82) is 0 Å². The third-order valence-electron chi connectivity index (χ3n) is 2.59. The Kier molecular flexibility index (Phi) is 5.73. The molecule has 0 atom stereocenters. The molecule has 1 saturated heterocycles. The average molecular weight is 340 g/mol. The molecule has 2 rings (SSSR count). The summed E-state index contributed by atoms with van der Waals surface area (Å²) in [4.78, 5) is 11.8. The molecule has 0 saturated carbocycles. The van der Waals surface area contributed by atoms with Crippen LogP contribution in [0.1, 0.15) is 10.4 Å². The molecule has 0 aliphatic carbocycles. The van der Waals surface area contributed by atoms with Crippen LogP contribution in [0.4, 0.5) is 0 Å². The Morgan fingerprint density at radius 2 is 2.24 bits per heavy atom. The van der Waals surface area contributed by atoms with Gasteiger partial charge in [0.15, 0.2) is 0 Å². The van der Waals surface area contributed by atoms with Gasteiger partial charge in [-0.1, -0.05) is 11.6 Å². The van der Waals surface area contributed by atoms with Gasteiger partial charge in [0.25, 0.3) is 5.91 Å². The summed E-state index contributed by atoms with van der Waals surface area (Å²) >= 11 is 9.19. The van der Waals surface area contributed by atoms with Crippen molar-refractivity contribution < 1.29 is 4.79 Å². The van der Waals surface area contributed by atoms with Crippen LogP contribution >= 0.6 is 39.9 Å². The first-order chi connectivity index (χ1) is 7.66. The Morgan fingerprint density at radius 3 is 2.82 bits per heavy atom. The molecule has 17 heavy (non-hydrogen) atoms. The molecule has 0 unspecified atom stereocenters. The van der Waals surface area contributed by atoms with Gasteiger partial charge in [0.1, 0.15) is 0 Å². The predicted octanol–water partition coefficient (Wildman–Crippen LogP) is 2.47. The SMILES string of the molecule is Cl.O=C(NCC1CNC1)c1cc(Cl)ccc1Br. The number of rotatable bonds is 3. The van der Waals surface area contributed by atoms with Crippen molar-refractivity contribution in [3.8, 4) is 0 Å². The van der Waals surface area contributed by atoms with Crippen LogP contribution in [0, 0.1) is 5.92 Å². The summed E-state index contributed by atoms with van der Waals surface area (Å²) in [5, 5.41) is 6.63. The van der Waals surface area contributed by atoms with E-state index in [1.165, 1.54) is 0 Å². The largest absolute Gasteiger partial charge is 0.352 e. The van der Waals surface area contributed by atoms with Gasteiger partial charge in [-0.25, -0.2) is 0 Å². The molecule has 1 aliphatic heterocycles. The maximum Gasteiger partial charge on any atom is 0.252 e. The summed E-state index contributed by atoms with van der Waals surface area (Å²) in [5.74, 6) is 0.475. The number of benzene rings is 1. The molecule has 3 nitrogen and oxygen atoms in total. The molecule has 6 heteroatoms. The molecule has 0 aromatic heterocycles. The second-order valence-electron chi connectivity index (χ2n) is 3.86. The Labute approximate surface area is 120 Å². The van der Waals surface area contributed by atoms with Gasteiger partial charge in [-0.15, -0.1) is 12.4 Å². The lowest BCUT2D eigenvalue weighted by atomic mass is 10.0. The van der Waals surface area contributed by atoms with Crippen molar-refractivity contribution in [3.05, 3.63) is 33.3 Å². The minimum Gasteiger partial charge on any atom is -0.352 e. The fraction of sp³-hybridized carbons (Fsp3) is 0.364. The average Bonchev–Trinajstić information content (AvgIpc) is 2.19. The van der Waals surface area contributed by atoms with E-state index in [0.717, 1.165) is 17.6 Å². The van der Waals surface area contributed by atoms with E-state index in [4.69, 9.17) is 11.6 Å². The van der Waals surface area contributed by atoms with Gasteiger partial charge in [-0.05, 0) is 34.1 Å². The molecule has 2 N–H and O–H groups in total. The van der Waals surface area contributed by atoms with Crippen LogP contribution in [0.15, 0.2) is 22.7 Å². The highest BCUT2D eigenvalue weighted by Crippen LogP contribution is 2.21. The number of hydrogen-bond donors (Lipinski definition) is 2. The number of halogens is 3. The molecular weight excluding hydrogens is 327 g/mol. The van der Waals surface area contributed by atoms with Crippen LogP contribution in [0.2, 0.25) is 5.02 Å². The van der Waals surface area contributed by atoms with Gasteiger partial charge in [0, 0.05) is 35.0 Å². The Morgan fingerprint density at radius 1 is 1.53 bits per heavy atom. The minimum atomic E-state index is -0.0822. The molecule has 1 heterocycles. The number of carbonyl (C=O) groups is 1. The zero-order valence-corrected chi connectivity index (χ0v) is 12.2. The maximum absolute atomic E-state index is 11.8.